The molecule has 0 saturated heterocycles. The second-order valence-electron chi connectivity index (χ2n) is 3.68. The fraction of sp³-hybridized carbons (Fsp3) is 0.0769. The Morgan fingerprint density at radius 1 is 1.16 bits per heavy atom. The van der Waals surface area contributed by atoms with Crippen LogP contribution in [0.4, 0.5) is 0 Å². The molecule has 0 bridgehead atoms. The van der Waals surface area contributed by atoms with Crippen LogP contribution >= 0.6 is 34.8 Å². The van der Waals surface area contributed by atoms with Gasteiger partial charge in [0.05, 0.1) is 22.7 Å². The van der Waals surface area contributed by atoms with E-state index in [4.69, 9.17) is 34.8 Å². The first-order chi connectivity index (χ1) is 9.02. The molecule has 0 N–H and O–H groups in total. The quantitative estimate of drug-likeness (QED) is 0.605. The lowest BCUT2D eigenvalue weighted by Gasteiger charge is -2.07. The normalized spacial score (nSPS) is 10.3. The summed E-state index contributed by atoms with van der Waals surface area (Å²) in [4.78, 5) is 15.4. The average Bonchev–Trinajstić information content (AvgIpc) is 2.41. The minimum atomic E-state index is -0.481. The molecule has 3 nitrogen and oxygen atoms in total. The zero-order valence-corrected chi connectivity index (χ0v) is 12.1. The van der Waals surface area contributed by atoms with Crippen LogP contribution in [0.2, 0.25) is 15.2 Å². The molecular weight excluding hydrogens is 309 g/mol. The summed E-state index contributed by atoms with van der Waals surface area (Å²) in [5, 5.41) is 1.11. The van der Waals surface area contributed by atoms with Crippen LogP contribution in [0.5, 0.6) is 0 Å². The van der Waals surface area contributed by atoms with E-state index in [0.717, 1.165) is 5.56 Å². The molecule has 98 valence electrons. The van der Waals surface area contributed by atoms with Gasteiger partial charge >= 0.3 is 5.97 Å². The zero-order valence-electron chi connectivity index (χ0n) is 9.78. The molecule has 1 aromatic heterocycles. The number of pyridine rings is 1. The Morgan fingerprint density at radius 2 is 1.89 bits per heavy atom. The fourth-order valence-electron chi connectivity index (χ4n) is 1.54. The van der Waals surface area contributed by atoms with Crippen LogP contribution in [-0.2, 0) is 4.74 Å². The van der Waals surface area contributed by atoms with Crippen molar-refractivity contribution in [3.8, 4) is 11.1 Å². The zero-order chi connectivity index (χ0) is 14.0. The van der Waals surface area contributed by atoms with Crippen molar-refractivity contribution in [3.63, 3.8) is 0 Å². The highest BCUT2D eigenvalue weighted by atomic mass is 35.5. The Bertz CT molecular complexity index is 644. The highest BCUT2D eigenvalue weighted by molar-refractivity contribution is 6.42. The molecule has 0 fully saturated rings. The second-order valence-corrected chi connectivity index (χ2v) is 4.86. The van der Waals surface area contributed by atoms with Gasteiger partial charge < -0.3 is 4.74 Å². The third kappa shape index (κ3) is 3.00. The number of esters is 1. The molecule has 6 heteroatoms. The SMILES string of the molecule is COC(=O)c1cnc(Cl)c(-c2ccc(Cl)c(Cl)c2)c1. The summed E-state index contributed by atoms with van der Waals surface area (Å²) < 4.78 is 4.64. The smallest absolute Gasteiger partial charge is 0.339 e. The summed E-state index contributed by atoms with van der Waals surface area (Å²) in [5.74, 6) is -0.481. The molecule has 0 atom stereocenters. The van der Waals surface area contributed by atoms with Crippen LogP contribution in [0.25, 0.3) is 11.1 Å². The van der Waals surface area contributed by atoms with E-state index in [-0.39, 0.29) is 5.15 Å². The molecule has 0 aliphatic carbocycles. The van der Waals surface area contributed by atoms with E-state index >= 15 is 0 Å². The first-order valence-electron chi connectivity index (χ1n) is 5.22. The number of benzene rings is 1. The number of rotatable bonds is 2. The molecule has 1 heterocycles. The van der Waals surface area contributed by atoms with Crippen molar-refractivity contribution in [1.29, 1.82) is 0 Å². The number of halogens is 3. The molecular formula is C13H8Cl3NO2. The number of carbonyl (C=O) groups is 1. The van der Waals surface area contributed by atoms with Crippen molar-refractivity contribution in [2.24, 2.45) is 0 Å². The highest BCUT2D eigenvalue weighted by Gasteiger charge is 2.12. The van der Waals surface area contributed by atoms with E-state index < -0.39 is 5.97 Å². The molecule has 2 aromatic rings. The molecule has 0 spiro atoms. The molecule has 0 saturated carbocycles. The Kier molecular flexibility index (Phi) is 4.30. The lowest BCUT2D eigenvalue weighted by molar-refractivity contribution is 0.0600. The van der Waals surface area contributed by atoms with Gasteiger partial charge in [-0.1, -0.05) is 40.9 Å². The molecule has 0 amide bonds. The minimum absolute atomic E-state index is 0.269. The Balaban J connectivity index is 2.54. The van der Waals surface area contributed by atoms with Crippen LogP contribution in [0.15, 0.2) is 30.5 Å². The van der Waals surface area contributed by atoms with Crippen LogP contribution in [-0.4, -0.2) is 18.1 Å². The molecule has 2 rings (SSSR count). The molecule has 0 radical (unpaired) electrons. The van der Waals surface area contributed by atoms with Gasteiger partial charge in [0.2, 0.25) is 0 Å². The maximum atomic E-state index is 11.5. The van der Waals surface area contributed by atoms with Gasteiger partial charge in [0, 0.05) is 11.8 Å². The van der Waals surface area contributed by atoms with E-state index in [0.29, 0.717) is 21.2 Å². The van der Waals surface area contributed by atoms with Crippen molar-refractivity contribution in [1.82, 2.24) is 4.98 Å². The monoisotopic (exact) mass is 315 g/mol. The third-order valence-electron chi connectivity index (χ3n) is 2.49. The van der Waals surface area contributed by atoms with Gasteiger partial charge in [0.1, 0.15) is 5.15 Å². The van der Waals surface area contributed by atoms with Crippen molar-refractivity contribution in [2.75, 3.05) is 7.11 Å². The fourth-order valence-corrected chi connectivity index (χ4v) is 2.05. The molecule has 19 heavy (non-hydrogen) atoms. The van der Waals surface area contributed by atoms with E-state index in [2.05, 4.69) is 9.72 Å². The van der Waals surface area contributed by atoms with Gasteiger partial charge in [-0.05, 0) is 23.8 Å². The summed E-state index contributed by atoms with van der Waals surface area (Å²) in [7, 11) is 1.30. The van der Waals surface area contributed by atoms with Crippen LogP contribution in [0, 0.1) is 0 Å². The maximum absolute atomic E-state index is 11.5. The van der Waals surface area contributed by atoms with E-state index in [1.807, 2.05) is 0 Å². The molecule has 0 aliphatic heterocycles. The number of carbonyl (C=O) groups excluding carboxylic acids is 1. The molecule has 0 aliphatic rings. The van der Waals surface area contributed by atoms with Crippen molar-refractivity contribution >= 4 is 40.8 Å². The Hall–Kier alpha value is -1.29. The summed E-state index contributed by atoms with van der Waals surface area (Å²) in [6.07, 6.45) is 1.36. The summed E-state index contributed by atoms with van der Waals surface area (Å²) in [6, 6.07) is 6.66. The topological polar surface area (TPSA) is 39.2 Å². The Morgan fingerprint density at radius 3 is 2.53 bits per heavy atom. The lowest BCUT2D eigenvalue weighted by Crippen LogP contribution is -2.02. The van der Waals surface area contributed by atoms with Crippen molar-refractivity contribution in [2.45, 2.75) is 0 Å². The molecule has 1 aromatic carbocycles. The number of aromatic nitrogens is 1. The lowest BCUT2D eigenvalue weighted by atomic mass is 10.1. The van der Waals surface area contributed by atoms with Crippen LogP contribution in [0.1, 0.15) is 10.4 Å². The number of nitrogens with zero attached hydrogens (tertiary/aromatic N) is 1. The summed E-state index contributed by atoms with van der Waals surface area (Å²) in [5.41, 5.74) is 1.62. The first kappa shape index (κ1) is 14.1. The summed E-state index contributed by atoms with van der Waals surface area (Å²) >= 11 is 17.8. The van der Waals surface area contributed by atoms with Crippen LogP contribution in [0.3, 0.4) is 0 Å². The Labute approximate surface area is 125 Å². The van der Waals surface area contributed by atoms with Gasteiger partial charge in [-0.15, -0.1) is 0 Å². The predicted octanol–water partition coefficient (Wildman–Crippen LogP) is 4.50. The van der Waals surface area contributed by atoms with E-state index in [1.54, 1.807) is 24.3 Å². The third-order valence-corrected chi connectivity index (χ3v) is 3.53. The maximum Gasteiger partial charge on any atom is 0.339 e. The number of hydrogen-bond acceptors (Lipinski definition) is 3. The summed E-state index contributed by atoms with van der Waals surface area (Å²) in [6.45, 7) is 0. The van der Waals surface area contributed by atoms with Gasteiger partial charge in [-0.25, -0.2) is 9.78 Å². The highest BCUT2D eigenvalue weighted by Crippen LogP contribution is 2.32. The average molecular weight is 317 g/mol. The van der Waals surface area contributed by atoms with Gasteiger partial charge in [0.15, 0.2) is 0 Å². The van der Waals surface area contributed by atoms with Gasteiger partial charge in [0.25, 0.3) is 0 Å². The predicted molar refractivity (Wildman–Crippen MR) is 76.0 cm³/mol. The number of ether oxygens (including phenoxy) is 1. The van der Waals surface area contributed by atoms with E-state index in [9.17, 15) is 4.79 Å². The second kappa shape index (κ2) is 5.78. The van der Waals surface area contributed by atoms with Gasteiger partial charge in [-0.2, -0.15) is 0 Å². The number of hydrogen-bond donors (Lipinski definition) is 0. The minimum Gasteiger partial charge on any atom is -0.465 e. The van der Waals surface area contributed by atoms with E-state index in [1.165, 1.54) is 13.3 Å². The first-order valence-corrected chi connectivity index (χ1v) is 6.35. The number of methoxy groups -OCH3 is 1. The van der Waals surface area contributed by atoms with Crippen molar-refractivity contribution < 1.29 is 9.53 Å². The molecule has 0 unspecified atom stereocenters. The standard InChI is InChI=1S/C13H8Cl3NO2/c1-19-13(18)8-4-9(12(16)17-6-8)7-2-3-10(14)11(15)5-7/h2-6H,1H3. The van der Waals surface area contributed by atoms with Crippen molar-refractivity contribution in [3.05, 3.63) is 51.2 Å². The van der Waals surface area contributed by atoms with Gasteiger partial charge in [-0.3, -0.25) is 0 Å². The largest absolute Gasteiger partial charge is 0.465 e. The van der Waals surface area contributed by atoms with Crippen LogP contribution < -0.4 is 0 Å².